The van der Waals surface area contributed by atoms with E-state index in [1.165, 1.54) is 11.8 Å². The van der Waals surface area contributed by atoms with Crippen molar-refractivity contribution in [2.75, 3.05) is 5.75 Å². The minimum atomic E-state index is -0.0936. The Morgan fingerprint density at radius 3 is 2.41 bits per heavy atom. The number of hydrogen-bond acceptors (Lipinski definition) is 5. The molecule has 3 rings (SSSR count). The van der Waals surface area contributed by atoms with E-state index in [9.17, 15) is 4.79 Å². The zero-order valence-corrected chi connectivity index (χ0v) is 16.9. The second kappa shape index (κ2) is 8.59. The van der Waals surface area contributed by atoms with Gasteiger partial charge in [-0.1, -0.05) is 23.4 Å². The van der Waals surface area contributed by atoms with Gasteiger partial charge in [-0.05, 0) is 62.7 Å². The summed E-state index contributed by atoms with van der Waals surface area (Å²) in [6.45, 7) is 6.22. The molecule has 0 aliphatic heterocycles. The van der Waals surface area contributed by atoms with E-state index in [0.717, 1.165) is 28.3 Å². The molecule has 0 fully saturated rings. The van der Waals surface area contributed by atoms with Gasteiger partial charge >= 0.3 is 0 Å². The second-order valence-corrected chi connectivity index (χ2v) is 7.52. The van der Waals surface area contributed by atoms with E-state index in [0.29, 0.717) is 22.5 Å². The molecule has 140 valence electrons. The van der Waals surface area contributed by atoms with Crippen molar-refractivity contribution in [1.29, 1.82) is 0 Å². The number of rotatable bonds is 6. The third-order valence-electron chi connectivity index (χ3n) is 4.19. The first kappa shape index (κ1) is 19.5. The molecule has 0 spiro atoms. The van der Waals surface area contributed by atoms with E-state index < -0.39 is 0 Å². The smallest absolute Gasteiger partial charge is 0.230 e. The van der Waals surface area contributed by atoms with Gasteiger partial charge in [-0.15, -0.1) is 0 Å². The van der Waals surface area contributed by atoms with Gasteiger partial charge in [0.05, 0.1) is 12.3 Å². The largest absolute Gasteiger partial charge is 0.459 e. The number of carbonyl (C=O) groups excluding carboxylic acids is 1. The van der Waals surface area contributed by atoms with Crippen molar-refractivity contribution < 1.29 is 9.21 Å². The molecule has 0 radical (unpaired) electrons. The number of aromatic nitrogens is 2. The molecule has 1 amide bonds. The van der Waals surface area contributed by atoms with Crippen molar-refractivity contribution in [2.24, 2.45) is 0 Å². The Labute approximate surface area is 167 Å². The Morgan fingerprint density at radius 2 is 1.74 bits per heavy atom. The highest BCUT2D eigenvalue weighted by Gasteiger charge is 2.10. The number of carbonyl (C=O) groups is 1. The van der Waals surface area contributed by atoms with Crippen LogP contribution in [0.15, 0.2) is 46.0 Å². The molecule has 27 heavy (non-hydrogen) atoms. The molecule has 0 aliphatic carbocycles. The Kier molecular flexibility index (Phi) is 6.19. The monoisotopic (exact) mass is 401 g/mol. The van der Waals surface area contributed by atoms with Gasteiger partial charge in [-0.2, -0.15) is 0 Å². The standard InChI is InChI=1S/C20H20ClN3O2S/c1-12-13(2)23-20(24-14(12)3)27-11-19(25)22-10-17-8-9-18(26-17)15-4-6-16(21)7-5-15/h4-9H,10-11H2,1-3H3,(H,22,25). The first-order chi connectivity index (χ1) is 12.9. The number of amides is 1. The summed E-state index contributed by atoms with van der Waals surface area (Å²) in [5.74, 6) is 1.59. The molecule has 2 heterocycles. The van der Waals surface area contributed by atoms with Crippen LogP contribution in [0.1, 0.15) is 22.7 Å². The summed E-state index contributed by atoms with van der Waals surface area (Å²) in [5, 5.41) is 4.15. The maximum atomic E-state index is 12.1. The predicted octanol–water partition coefficient (Wildman–Crippen LogP) is 4.72. The predicted molar refractivity (Wildman–Crippen MR) is 108 cm³/mol. The number of benzene rings is 1. The first-order valence-corrected chi connectivity index (χ1v) is 9.84. The molecular weight excluding hydrogens is 382 g/mol. The van der Waals surface area contributed by atoms with Gasteiger partial charge < -0.3 is 9.73 Å². The van der Waals surface area contributed by atoms with Gasteiger partial charge in [0.15, 0.2) is 5.16 Å². The summed E-state index contributed by atoms with van der Waals surface area (Å²) in [5.41, 5.74) is 3.90. The average Bonchev–Trinajstić information content (AvgIpc) is 3.12. The fraction of sp³-hybridized carbons (Fsp3) is 0.250. The van der Waals surface area contributed by atoms with Gasteiger partial charge in [-0.25, -0.2) is 9.97 Å². The van der Waals surface area contributed by atoms with Crippen molar-refractivity contribution in [3.05, 3.63) is 64.1 Å². The molecule has 0 atom stereocenters. The van der Waals surface area contributed by atoms with E-state index in [1.54, 1.807) is 0 Å². The SMILES string of the molecule is Cc1nc(SCC(=O)NCc2ccc(-c3ccc(Cl)cc3)o2)nc(C)c1C. The number of aryl methyl sites for hydroxylation is 2. The summed E-state index contributed by atoms with van der Waals surface area (Å²) in [6, 6.07) is 11.2. The van der Waals surface area contributed by atoms with E-state index in [4.69, 9.17) is 16.0 Å². The van der Waals surface area contributed by atoms with Crippen molar-refractivity contribution in [3.8, 4) is 11.3 Å². The summed E-state index contributed by atoms with van der Waals surface area (Å²) >= 11 is 7.23. The van der Waals surface area contributed by atoms with Crippen LogP contribution in [-0.2, 0) is 11.3 Å². The van der Waals surface area contributed by atoms with Crippen LogP contribution in [-0.4, -0.2) is 21.6 Å². The molecule has 3 aromatic rings. The molecule has 0 saturated heterocycles. The zero-order chi connectivity index (χ0) is 19.4. The molecule has 0 unspecified atom stereocenters. The van der Waals surface area contributed by atoms with Gasteiger partial charge in [0, 0.05) is 22.0 Å². The Morgan fingerprint density at radius 1 is 1.07 bits per heavy atom. The highest BCUT2D eigenvalue weighted by Crippen LogP contribution is 2.24. The summed E-state index contributed by atoms with van der Waals surface area (Å²) in [4.78, 5) is 20.9. The minimum absolute atomic E-state index is 0.0936. The molecular formula is C20H20ClN3O2S. The molecule has 1 N–H and O–H groups in total. The van der Waals surface area contributed by atoms with Gasteiger partial charge in [-0.3, -0.25) is 4.79 Å². The lowest BCUT2D eigenvalue weighted by Crippen LogP contribution is -2.24. The molecule has 0 aliphatic rings. The van der Waals surface area contributed by atoms with Gasteiger partial charge in [0.25, 0.3) is 0 Å². The van der Waals surface area contributed by atoms with E-state index in [2.05, 4.69) is 15.3 Å². The lowest BCUT2D eigenvalue weighted by molar-refractivity contribution is -0.118. The first-order valence-electron chi connectivity index (χ1n) is 8.48. The molecule has 2 aromatic heterocycles. The van der Waals surface area contributed by atoms with Crippen LogP contribution in [0.5, 0.6) is 0 Å². The van der Waals surface area contributed by atoms with Gasteiger partial charge in [0.1, 0.15) is 11.5 Å². The van der Waals surface area contributed by atoms with Crippen molar-refractivity contribution in [2.45, 2.75) is 32.5 Å². The Bertz CT molecular complexity index is 931. The fourth-order valence-corrected chi connectivity index (χ4v) is 3.31. The van der Waals surface area contributed by atoms with Crippen LogP contribution >= 0.6 is 23.4 Å². The van der Waals surface area contributed by atoms with Crippen molar-refractivity contribution in [3.63, 3.8) is 0 Å². The van der Waals surface area contributed by atoms with Gasteiger partial charge in [0.2, 0.25) is 5.91 Å². The average molecular weight is 402 g/mol. The third-order valence-corrected chi connectivity index (χ3v) is 5.29. The molecule has 1 aromatic carbocycles. The van der Waals surface area contributed by atoms with Crippen LogP contribution in [0.2, 0.25) is 5.02 Å². The number of nitrogens with zero attached hydrogens (tertiary/aromatic N) is 2. The topological polar surface area (TPSA) is 68.0 Å². The van der Waals surface area contributed by atoms with Crippen molar-refractivity contribution in [1.82, 2.24) is 15.3 Å². The van der Waals surface area contributed by atoms with E-state index >= 15 is 0 Å². The molecule has 5 nitrogen and oxygen atoms in total. The van der Waals surface area contributed by atoms with Crippen LogP contribution < -0.4 is 5.32 Å². The lowest BCUT2D eigenvalue weighted by Gasteiger charge is -2.07. The fourth-order valence-electron chi connectivity index (χ4n) is 2.42. The summed E-state index contributed by atoms with van der Waals surface area (Å²) in [7, 11) is 0. The number of furan rings is 1. The van der Waals surface area contributed by atoms with Crippen LogP contribution in [0.4, 0.5) is 0 Å². The zero-order valence-electron chi connectivity index (χ0n) is 15.4. The quantitative estimate of drug-likeness (QED) is 0.478. The molecule has 0 bridgehead atoms. The lowest BCUT2D eigenvalue weighted by atomic mass is 10.2. The summed E-state index contributed by atoms with van der Waals surface area (Å²) < 4.78 is 5.78. The Hall–Kier alpha value is -2.31. The maximum absolute atomic E-state index is 12.1. The highest BCUT2D eigenvalue weighted by molar-refractivity contribution is 7.99. The molecule has 7 heteroatoms. The number of nitrogens with one attached hydrogen (secondary N) is 1. The normalized spacial score (nSPS) is 10.8. The van der Waals surface area contributed by atoms with E-state index in [1.807, 2.05) is 57.2 Å². The Balaban J connectivity index is 1.52. The van der Waals surface area contributed by atoms with Crippen LogP contribution in [0.25, 0.3) is 11.3 Å². The maximum Gasteiger partial charge on any atom is 0.230 e. The van der Waals surface area contributed by atoms with Crippen molar-refractivity contribution >= 4 is 29.3 Å². The number of hydrogen-bond donors (Lipinski definition) is 1. The minimum Gasteiger partial charge on any atom is -0.459 e. The number of thioether (sulfide) groups is 1. The van der Waals surface area contributed by atoms with Crippen LogP contribution in [0, 0.1) is 20.8 Å². The second-order valence-electron chi connectivity index (χ2n) is 6.14. The molecule has 0 saturated carbocycles. The highest BCUT2D eigenvalue weighted by atomic mass is 35.5. The van der Waals surface area contributed by atoms with Crippen LogP contribution in [0.3, 0.4) is 0 Å². The van der Waals surface area contributed by atoms with E-state index in [-0.39, 0.29) is 11.7 Å². The number of halogens is 1. The third kappa shape index (κ3) is 5.11. The summed E-state index contributed by atoms with van der Waals surface area (Å²) in [6.07, 6.45) is 0.